The fourth-order valence-corrected chi connectivity index (χ4v) is 1.94. The van der Waals surface area contributed by atoms with E-state index in [1.807, 2.05) is 24.3 Å². The molecule has 2 aromatic rings. The SMILES string of the molecule is CC(C)c1cccc(-n2cc(O)c(C(=O)NCCO)n2)c1. The van der Waals surface area contributed by atoms with Gasteiger partial charge in [-0.3, -0.25) is 4.79 Å². The molecule has 1 aromatic carbocycles. The van der Waals surface area contributed by atoms with Crippen molar-refractivity contribution in [2.24, 2.45) is 0 Å². The van der Waals surface area contributed by atoms with Crippen LogP contribution in [0.2, 0.25) is 0 Å². The van der Waals surface area contributed by atoms with Crippen LogP contribution >= 0.6 is 0 Å². The van der Waals surface area contributed by atoms with Gasteiger partial charge in [-0.2, -0.15) is 5.10 Å². The van der Waals surface area contributed by atoms with Crippen LogP contribution in [0, 0.1) is 0 Å². The van der Waals surface area contributed by atoms with E-state index in [0.717, 1.165) is 11.3 Å². The van der Waals surface area contributed by atoms with Crippen LogP contribution < -0.4 is 5.32 Å². The number of aliphatic hydroxyl groups is 1. The van der Waals surface area contributed by atoms with Gasteiger partial charge in [-0.25, -0.2) is 4.68 Å². The van der Waals surface area contributed by atoms with Gasteiger partial charge in [-0.05, 0) is 23.6 Å². The van der Waals surface area contributed by atoms with Crippen LogP contribution in [-0.2, 0) is 0 Å². The van der Waals surface area contributed by atoms with Gasteiger partial charge in [0, 0.05) is 6.54 Å². The van der Waals surface area contributed by atoms with Gasteiger partial charge in [0.05, 0.1) is 18.5 Å². The lowest BCUT2D eigenvalue weighted by atomic mass is 10.0. The molecule has 0 fully saturated rings. The fraction of sp³-hybridized carbons (Fsp3) is 0.333. The molecular formula is C15H19N3O3. The standard InChI is InChI=1S/C15H19N3O3/c1-10(2)11-4-3-5-12(8-11)18-9-13(20)14(17-18)15(21)16-6-7-19/h3-5,8-10,19-20H,6-7H2,1-2H3,(H,16,21). The molecule has 0 aliphatic rings. The summed E-state index contributed by atoms with van der Waals surface area (Å²) in [6.45, 7) is 4.14. The third-order valence-corrected chi connectivity index (χ3v) is 3.11. The zero-order chi connectivity index (χ0) is 15.4. The number of rotatable bonds is 5. The Morgan fingerprint density at radius 1 is 1.43 bits per heavy atom. The average Bonchev–Trinajstić information content (AvgIpc) is 2.87. The van der Waals surface area contributed by atoms with E-state index in [-0.39, 0.29) is 24.6 Å². The maximum Gasteiger partial charge on any atom is 0.275 e. The average molecular weight is 289 g/mol. The summed E-state index contributed by atoms with van der Waals surface area (Å²) in [7, 11) is 0. The molecule has 1 heterocycles. The second-order valence-corrected chi connectivity index (χ2v) is 5.04. The monoisotopic (exact) mass is 289 g/mol. The van der Waals surface area contributed by atoms with Gasteiger partial charge in [0.25, 0.3) is 5.91 Å². The van der Waals surface area contributed by atoms with E-state index >= 15 is 0 Å². The number of carbonyl (C=O) groups is 1. The summed E-state index contributed by atoms with van der Waals surface area (Å²) in [5.41, 5.74) is 1.87. The minimum atomic E-state index is -0.514. The highest BCUT2D eigenvalue weighted by Crippen LogP contribution is 2.21. The normalized spacial score (nSPS) is 10.9. The van der Waals surface area contributed by atoms with Crippen molar-refractivity contribution in [3.05, 3.63) is 41.7 Å². The molecule has 21 heavy (non-hydrogen) atoms. The second kappa shape index (κ2) is 6.41. The third kappa shape index (κ3) is 3.41. The van der Waals surface area contributed by atoms with Gasteiger partial charge in [0.15, 0.2) is 11.4 Å². The van der Waals surface area contributed by atoms with Crippen molar-refractivity contribution in [2.75, 3.05) is 13.2 Å². The molecule has 6 nitrogen and oxygen atoms in total. The van der Waals surface area contributed by atoms with Gasteiger partial charge < -0.3 is 15.5 Å². The Morgan fingerprint density at radius 2 is 2.19 bits per heavy atom. The van der Waals surface area contributed by atoms with Gasteiger partial charge in [-0.1, -0.05) is 26.0 Å². The Balaban J connectivity index is 2.30. The fourth-order valence-electron chi connectivity index (χ4n) is 1.94. The summed E-state index contributed by atoms with van der Waals surface area (Å²) >= 11 is 0. The molecule has 6 heteroatoms. The molecule has 0 unspecified atom stereocenters. The van der Waals surface area contributed by atoms with Crippen LogP contribution in [0.1, 0.15) is 35.8 Å². The molecule has 0 radical (unpaired) electrons. The molecule has 0 spiro atoms. The summed E-state index contributed by atoms with van der Waals surface area (Å²) in [4.78, 5) is 11.8. The predicted molar refractivity (Wildman–Crippen MR) is 78.7 cm³/mol. The molecule has 3 N–H and O–H groups in total. The number of hydrogen-bond donors (Lipinski definition) is 3. The van der Waals surface area contributed by atoms with Gasteiger partial charge in [0.1, 0.15) is 0 Å². The number of carbonyl (C=O) groups excluding carboxylic acids is 1. The summed E-state index contributed by atoms with van der Waals surface area (Å²) in [5, 5.41) is 25.1. The Labute approximate surface area is 123 Å². The first-order valence-corrected chi connectivity index (χ1v) is 6.81. The highest BCUT2D eigenvalue weighted by Gasteiger charge is 2.16. The Hall–Kier alpha value is -2.34. The van der Waals surface area contributed by atoms with Crippen LogP contribution in [0.15, 0.2) is 30.5 Å². The van der Waals surface area contributed by atoms with Crippen molar-refractivity contribution in [1.82, 2.24) is 15.1 Å². The van der Waals surface area contributed by atoms with E-state index in [2.05, 4.69) is 24.3 Å². The number of nitrogens with zero attached hydrogens (tertiary/aromatic N) is 2. The van der Waals surface area contributed by atoms with Crippen LogP contribution in [0.3, 0.4) is 0 Å². The zero-order valence-electron chi connectivity index (χ0n) is 12.1. The second-order valence-electron chi connectivity index (χ2n) is 5.04. The van der Waals surface area contributed by atoms with Crippen molar-refractivity contribution in [3.8, 4) is 11.4 Å². The summed E-state index contributed by atoms with van der Waals surface area (Å²) in [6, 6.07) is 7.75. The van der Waals surface area contributed by atoms with E-state index in [0.29, 0.717) is 5.92 Å². The molecule has 0 aliphatic carbocycles. The van der Waals surface area contributed by atoms with E-state index in [9.17, 15) is 9.90 Å². The van der Waals surface area contributed by atoms with Gasteiger partial charge in [-0.15, -0.1) is 0 Å². The minimum Gasteiger partial charge on any atom is -0.504 e. The van der Waals surface area contributed by atoms with Crippen molar-refractivity contribution < 1.29 is 15.0 Å². The van der Waals surface area contributed by atoms with E-state index in [1.165, 1.54) is 10.9 Å². The van der Waals surface area contributed by atoms with E-state index in [1.54, 1.807) is 0 Å². The van der Waals surface area contributed by atoms with Crippen molar-refractivity contribution in [3.63, 3.8) is 0 Å². The lowest BCUT2D eigenvalue weighted by molar-refractivity contribution is 0.0936. The molecule has 0 saturated carbocycles. The first-order chi connectivity index (χ1) is 10.0. The molecule has 2 rings (SSSR count). The smallest absolute Gasteiger partial charge is 0.275 e. The first-order valence-electron chi connectivity index (χ1n) is 6.81. The maximum atomic E-state index is 11.8. The first kappa shape index (κ1) is 15.1. The highest BCUT2D eigenvalue weighted by molar-refractivity contribution is 5.94. The molecule has 1 aromatic heterocycles. The maximum absolute atomic E-state index is 11.8. The lowest BCUT2D eigenvalue weighted by Gasteiger charge is -2.07. The van der Waals surface area contributed by atoms with E-state index < -0.39 is 5.91 Å². The van der Waals surface area contributed by atoms with Crippen molar-refractivity contribution >= 4 is 5.91 Å². The van der Waals surface area contributed by atoms with E-state index in [4.69, 9.17) is 5.11 Å². The lowest BCUT2D eigenvalue weighted by Crippen LogP contribution is -2.26. The highest BCUT2D eigenvalue weighted by atomic mass is 16.3. The van der Waals surface area contributed by atoms with Crippen LogP contribution in [0.5, 0.6) is 5.75 Å². The van der Waals surface area contributed by atoms with Crippen molar-refractivity contribution in [2.45, 2.75) is 19.8 Å². The number of aliphatic hydroxyl groups excluding tert-OH is 1. The summed E-state index contributed by atoms with van der Waals surface area (Å²) in [6.07, 6.45) is 1.40. The molecule has 1 amide bonds. The summed E-state index contributed by atoms with van der Waals surface area (Å²) in [5.74, 6) is -0.331. The number of aromatic nitrogens is 2. The van der Waals surface area contributed by atoms with Gasteiger partial charge >= 0.3 is 0 Å². The quantitative estimate of drug-likeness (QED) is 0.777. The number of nitrogens with one attached hydrogen (secondary N) is 1. The topological polar surface area (TPSA) is 87.4 Å². The Morgan fingerprint density at radius 3 is 2.86 bits per heavy atom. The number of aromatic hydroxyl groups is 1. The third-order valence-electron chi connectivity index (χ3n) is 3.11. The molecule has 112 valence electrons. The molecular weight excluding hydrogens is 270 g/mol. The Bertz CT molecular complexity index is 635. The van der Waals surface area contributed by atoms with Crippen molar-refractivity contribution in [1.29, 1.82) is 0 Å². The minimum absolute atomic E-state index is 0.0570. The molecule has 0 atom stereocenters. The molecule has 0 saturated heterocycles. The molecule has 0 aliphatic heterocycles. The van der Waals surface area contributed by atoms with Crippen LogP contribution in [0.25, 0.3) is 5.69 Å². The summed E-state index contributed by atoms with van der Waals surface area (Å²) < 4.78 is 1.47. The zero-order valence-corrected chi connectivity index (χ0v) is 12.1. The Kier molecular flexibility index (Phi) is 4.59. The largest absolute Gasteiger partial charge is 0.504 e. The number of amides is 1. The van der Waals surface area contributed by atoms with Gasteiger partial charge in [0.2, 0.25) is 0 Å². The van der Waals surface area contributed by atoms with Crippen LogP contribution in [-0.4, -0.2) is 39.1 Å². The number of hydrogen-bond acceptors (Lipinski definition) is 4. The van der Waals surface area contributed by atoms with Crippen LogP contribution in [0.4, 0.5) is 0 Å². The molecule has 0 bridgehead atoms. The predicted octanol–water partition coefficient (Wildman–Crippen LogP) is 1.42. The number of benzene rings is 1.